The fraction of sp³-hybridized carbons (Fsp3) is 0.217. The van der Waals surface area contributed by atoms with Gasteiger partial charge in [-0.25, -0.2) is 0 Å². The number of piperazine rings is 1. The predicted octanol–water partition coefficient (Wildman–Crippen LogP) is 2.86. The molecule has 0 spiro atoms. The highest BCUT2D eigenvalue weighted by Gasteiger charge is 2.35. The Balaban J connectivity index is 1.75. The normalized spacial score (nSPS) is 17.6. The summed E-state index contributed by atoms with van der Waals surface area (Å²) in [5.74, 6) is -1.36. The average Bonchev–Trinajstić information content (AvgIpc) is 2.81. The monoisotopic (exact) mass is 557 g/mol. The lowest BCUT2D eigenvalue weighted by Gasteiger charge is -2.36. The summed E-state index contributed by atoms with van der Waals surface area (Å²) in [7, 11) is 0. The van der Waals surface area contributed by atoms with E-state index in [4.69, 9.17) is 12.2 Å². The first-order valence-corrected chi connectivity index (χ1v) is 11.8. The molecule has 2 fully saturated rings. The summed E-state index contributed by atoms with van der Waals surface area (Å²) in [5, 5.41) is 13.9. The van der Waals surface area contributed by atoms with E-state index in [9.17, 15) is 24.5 Å². The summed E-state index contributed by atoms with van der Waals surface area (Å²) in [6.07, 6.45) is 1.35. The molecule has 0 aliphatic carbocycles. The Labute approximate surface area is 214 Å². The second kappa shape index (κ2) is 9.92. The van der Waals surface area contributed by atoms with Gasteiger partial charge >= 0.3 is 0 Å². The third kappa shape index (κ3) is 5.08. The lowest BCUT2D eigenvalue weighted by atomic mass is 10.0. The molecule has 2 heterocycles. The van der Waals surface area contributed by atoms with Crippen molar-refractivity contribution in [2.75, 3.05) is 36.0 Å². The Morgan fingerprint density at radius 2 is 1.86 bits per heavy atom. The van der Waals surface area contributed by atoms with Gasteiger partial charge in [-0.3, -0.25) is 34.7 Å². The quantitative estimate of drug-likeness (QED) is 0.202. The van der Waals surface area contributed by atoms with Crippen molar-refractivity contribution in [3.05, 3.63) is 68.2 Å². The lowest BCUT2D eigenvalue weighted by molar-refractivity contribution is -0.384. The number of hydrogen-bond donors (Lipinski definition) is 1. The Morgan fingerprint density at radius 1 is 1.14 bits per heavy atom. The summed E-state index contributed by atoms with van der Waals surface area (Å²) < 4.78 is 0.721. The molecule has 12 heteroatoms. The largest absolute Gasteiger partial charge is 0.367 e. The minimum absolute atomic E-state index is 0.0243. The first kappa shape index (κ1) is 24.5. The number of nitrogens with zero attached hydrogens (tertiary/aromatic N) is 4. The zero-order valence-corrected chi connectivity index (χ0v) is 21.0. The molecule has 1 N–H and O–H groups in total. The maximum absolute atomic E-state index is 13.4. The van der Waals surface area contributed by atoms with Gasteiger partial charge in [0.25, 0.3) is 17.5 Å². The molecular formula is C23H20BrN5O5S. The van der Waals surface area contributed by atoms with Crippen LogP contribution < -0.4 is 15.1 Å². The molecule has 10 nitrogen and oxygen atoms in total. The first-order valence-electron chi connectivity index (χ1n) is 10.6. The van der Waals surface area contributed by atoms with Crippen LogP contribution in [-0.2, 0) is 14.4 Å². The Morgan fingerprint density at radius 3 is 2.49 bits per heavy atom. The maximum atomic E-state index is 13.4. The predicted molar refractivity (Wildman–Crippen MR) is 138 cm³/mol. The molecule has 2 aromatic carbocycles. The van der Waals surface area contributed by atoms with Crippen LogP contribution in [0.1, 0.15) is 12.5 Å². The second-order valence-electron chi connectivity index (χ2n) is 7.93. The SMILES string of the molecule is CC(=O)N1CCN(c2ccc([N+](=O)[O-])cc2/C=C2/C(=O)NC(=S)N(c3cccc(Br)c3)C2=O)CC1. The number of hydrogen-bond acceptors (Lipinski definition) is 7. The van der Waals surface area contributed by atoms with Crippen molar-refractivity contribution < 1.29 is 19.3 Å². The van der Waals surface area contributed by atoms with E-state index in [1.807, 2.05) is 4.90 Å². The topological polar surface area (TPSA) is 116 Å². The molecule has 0 saturated carbocycles. The number of amides is 3. The van der Waals surface area contributed by atoms with Gasteiger partial charge in [0, 0.05) is 61.0 Å². The molecular weight excluding hydrogens is 538 g/mol. The number of halogens is 1. The highest BCUT2D eigenvalue weighted by molar-refractivity contribution is 9.10. The number of anilines is 2. The van der Waals surface area contributed by atoms with Gasteiger partial charge in [-0.1, -0.05) is 22.0 Å². The number of nitrogens with one attached hydrogen (secondary N) is 1. The van der Waals surface area contributed by atoms with Crippen LogP contribution in [0.3, 0.4) is 0 Å². The van der Waals surface area contributed by atoms with Gasteiger partial charge in [-0.05, 0) is 42.6 Å². The van der Waals surface area contributed by atoms with Crippen LogP contribution in [0, 0.1) is 10.1 Å². The van der Waals surface area contributed by atoms with Crippen LogP contribution in [0.4, 0.5) is 17.1 Å². The fourth-order valence-corrected chi connectivity index (χ4v) is 4.65. The Bertz CT molecular complexity index is 1290. The van der Waals surface area contributed by atoms with E-state index in [2.05, 4.69) is 21.2 Å². The fourth-order valence-electron chi connectivity index (χ4n) is 3.98. The Hall–Kier alpha value is -3.64. The second-order valence-corrected chi connectivity index (χ2v) is 9.23. The lowest BCUT2D eigenvalue weighted by Crippen LogP contribution is -2.54. The number of nitro benzene ring substituents is 1. The smallest absolute Gasteiger partial charge is 0.270 e. The average molecular weight is 558 g/mol. The molecule has 2 saturated heterocycles. The minimum Gasteiger partial charge on any atom is -0.367 e. The summed E-state index contributed by atoms with van der Waals surface area (Å²) in [5.41, 5.74) is 1.04. The summed E-state index contributed by atoms with van der Waals surface area (Å²) in [6.45, 7) is 3.50. The molecule has 3 amide bonds. The highest BCUT2D eigenvalue weighted by atomic mass is 79.9. The van der Waals surface area contributed by atoms with E-state index in [0.717, 1.165) is 4.47 Å². The molecule has 0 radical (unpaired) electrons. The van der Waals surface area contributed by atoms with Crippen molar-refractivity contribution >= 4 is 74.1 Å². The minimum atomic E-state index is -0.690. The third-order valence-corrected chi connectivity index (χ3v) is 6.53. The molecule has 35 heavy (non-hydrogen) atoms. The van der Waals surface area contributed by atoms with Crippen LogP contribution >= 0.6 is 28.1 Å². The van der Waals surface area contributed by atoms with Crippen LogP contribution in [0.15, 0.2) is 52.5 Å². The van der Waals surface area contributed by atoms with Crippen molar-refractivity contribution in [2.45, 2.75) is 6.92 Å². The molecule has 0 aromatic heterocycles. The molecule has 0 unspecified atom stereocenters. The number of carbonyl (C=O) groups excluding carboxylic acids is 3. The van der Waals surface area contributed by atoms with Gasteiger partial charge in [0.2, 0.25) is 5.91 Å². The number of carbonyl (C=O) groups is 3. The van der Waals surface area contributed by atoms with Crippen molar-refractivity contribution in [3.63, 3.8) is 0 Å². The standard InChI is InChI=1S/C23H20BrN5O5S/c1-14(30)26-7-9-27(10-8-26)20-6-5-18(29(33)34)11-15(20)12-19-21(31)25-23(35)28(22(19)32)17-4-2-3-16(24)13-17/h2-6,11-13H,7-10H2,1H3,(H,25,31,35)/b19-12-. The van der Waals surface area contributed by atoms with Gasteiger partial charge < -0.3 is 9.80 Å². The number of non-ortho nitro benzene ring substituents is 1. The maximum Gasteiger partial charge on any atom is 0.270 e. The van der Waals surface area contributed by atoms with Gasteiger partial charge in [0.05, 0.1) is 10.6 Å². The number of benzene rings is 2. The highest BCUT2D eigenvalue weighted by Crippen LogP contribution is 2.31. The molecule has 0 atom stereocenters. The summed E-state index contributed by atoms with van der Waals surface area (Å²) >= 11 is 8.60. The van der Waals surface area contributed by atoms with E-state index in [1.165, 1.54) is 30.0 Å². The summed E-state index contributed by atoms with van der Waals surface area (Å²) in [4.78, 5) is 53.6. The van der Waals surface area contributed by atoms with Crippen molar-refractivity contribution in [2.24, 2.45) is 0 Å². The van der Waals surface area contributed by atoms with Crippen molar-refractivity contribution in [3.8, 4) is 0 Å². The Kier molecular flexibility index (Phi) is 6.94. The zero-order valence-electron chi connectivity index (χ0n) is 18.6. The molecule has 2 aliphatic rings. The van der Waals surface area contributed by atoms with E-state index in [0.29, 0.717) is 43.1 Å². The molecule has 180 valence electrons. The van der Waals surface area contributed by atoms with Gasteiger partial charge in [0.15, 0.2) is 5.11 Å². The number of nitro groups is 1. The van der Waals surface area contributed by atoms with Crippen LogP contribution in [-0.4, -0.2) is 58.8 Å². The molecule has 2 aliphatic heterocycles. The van der Waals surface area contributed by atoms with Crippen molar-refractivity contribution in [1.29, 1.82) is 0 Å². The molecule has 2 aromatic rings. The van der Waals surface area contributed by atoms with Crippen molar-refractivity contribution in [1.82, 2.24) is 10.2 Å². The van der Waals surface area contributed by atoms with Crippen LogP contribution in [0.25, 0.3) is 6.08 Å². The van der Waals surface area contributed by atoms with Gasteiger partial charge in [-0.2, -0.15) is 0 Å². The molecule has 4 rings (SSSR count). The number of thiocarbonyl (C=S) groups is 1. The van der Waals surface area contributed by atoms with E-state index in [-0.39, 0.29) is 22.3 Å². The van der Waals surface area contributed by atoms with E-state index < -0.39 is 16.7 Å². The van der Waals surface area contributed by atoms with Crippen LogP contribution in [0.2, 0.25) is 0 Å². The third-order valence-electron chi connectivity index (χ3n) is 5.76. The van der Waals surface area contributed by atoms with Crippen LogP contribution in [0.5, 0.6) is 0 Å². The summed E-state index contributed by atoms with van der Waals surface area (Å²) in [6, 6.07) is 11.2. The zero-order chi connectivity index (χ0) is 25.3. The van der Waals surface area contributed by atoms with Gasteiger partial charge in [0.1, 0.15) is 5.57 Å². The number of rotatable bonds is 4. The van der Waals surface area contributed by atoms with E-state index >= 15 is 0 Å². The van der Waals surface area contributed by atoms with Gasteiger partial charge in [-0.15, -0.1) is 0 Å². The molecule has 0 bridgehead atoms. The first-order chi connectivity index (χ1) is 16.7. The van der Waals surface area contributed by atoms with E-state index in [1.54, 1.807) is 35.2 Å².